The first-order valence-corrected chi connectivity index (χ1v) is 7.04. The molecule has 0 aliphatic carbocycles. The van der Waals surface area contributed by atoms with E-state index in [9.17, 15) is 4.79 Å². The number of aryl methyl sites for hydroxylation is 1. The lowest BCUT2D eigenvalue weighted by molar-refractivity contribution is 0.955. The van der Waals surface area contributed by atoms with Crippen LogP contribution in [-0.2, 0) is 12.8 Å². The third-order valence-corrected chi connectivity index (χ3v) is 4.06. The average molecular weight is 269 g/mol. The summed E-state index contributed by atoms with van der Waals surface area (Å²) in [6, 6.07) is 6.28. The van der Waals surface area contributed by atoms with Crippen molar-refractivity contribution in [2.75, 3.05) is 18.5 Å². The number of anilines is 1. The molecule has 0 fully saturated rings. The molecule has 104 valence electrons. The Bertz CT molecular complexity index is 718. The zero-order valence-corrected chi connectivity index (χ0v) is 12.2. The highest BCUT2D eigenvalue weighted by atomic mass is 16.1. The van der Waals surface area contributed by atoms with E-state index in [1.165, 1.54) is 11.3 Å². The fourth-order valence-electron chi connectivity index (χ4n) is 2.88. The van der Waals surface area contributed by atoms with E-state index in [1.54, 1.807) is 0 Å². The van der Waals surface area contributed by atoms with Gasteiger partial charge >= 0.3 is 0 Å². The van der Waals surface area contributed by atoms with Gasteiger partial charge in [-0.25, -0.2) is 4.98 Å². The summed E-state index contributed by atoms with van der Waals surface area (Å²) in [5.41, 5.74) is 5.16. The lowest BCUT2D eigenvalue weighted by Gasteiger charge is -2.12. The SMILES string of the molecule is CCc1c(C)nc(-c2ccc3c(c2)CCN3C)[nH]c1=O. The molecule has 4 nitrogen and oxygen atoms in total. The summed E-state index contributed by atoms with van der Waals surface area (Å²) in [4.78, 5) is 21.8. The molecule has 0 bridgehead atoms. The third-order valence-electron chi connectivity index (χ3n) is 4.06. The number of nitrogens with one attached hydrogen (secondary N) is 1. The third kappa shape index (κ3) is 2.01. The molecule has 4 heteroatoms. The zero-order valence-electron chi connectivity index (χ0n) is 12.2. The second kappa shape index (κ2) is 4.78. The van der Waals surface area contributed by atoms with E-state index in [2.05, 4.69) is 34.0 Å². The number of aromatic nitrogens is 2. The number of fused-ring (bicyclic) bond motifs is 1. The van der Waals surface area contributed by atoms with Crippen LogP contribution in [0.2, 0.25) is 0 Å². The highest BCUT2D eigenvalue weighted by Gasteiger charge is 2.17. The maximum Gasteiger partial charge on any atom is 0.254 e. The van der Waals surface area contributed by atoms with Crippen molar-refractivity contribution in [3.05, 3.63) is 45.4 Å². The van der Waals surface area contributed by atoms with Crippen LogP contribution in [-0.4, -0.2) is 23.6 Å². The highest BCUT2D eigenvalue weighted by molar-refractivity contribution is 5.66. The first-order valence-electron chi connectivity index (χ1n) is 7.04. The van der Waals surface area contributed by atoms with E-state index in [4.69, 9.17) is 0 Å². The number of benzene rings is 1. The standard InChI is InChI=1S/C16H19N3O/c1-4-13-10(2)17-15(18-16(13)20)12-5-6-14-11(9-12)7-8-19(14)3/h5-6,9H,4,7-8H2,1-3H3,(H,17,18,20). The second-order valence-corrected chi connectivity index (χ2v) is 5.35. The fraction of sp³-hybridized carbons (Fsp3) is 0.375. The summed E-state index contributed by atoms with van der Waals surface area (Å²) in [6.45, 7) is 4.93. The molecule has 0 spiro atoms. The van der Waals surface area contributed by atoms with Crippen molar-refractivity contribution >= 4 is 5.69 Å². The van der Waals surface area contributed by atoms with Gasteiger partial charge in [-0.1, -0.05) is 6.92 Å². The van der Waals surface area contributed by atoms with E-state index >= 15 is 0 Å². The Balaban J connectivity index is 2.08. The minimum atomic E-state index is -0.0207. The predicted molar refractivity (Wildman–Crippen MR) is 81.4 cm³/mol. The van der Waals surface area contributed by atoms with E-state index in [0.29, 0.717) is 12.2 Å². The van der Waals surface area contributed by atoms with Crippen molar-refractivity contribution in [3.8, 4) is 11.4 Å². The van der Waals surface area contributed by atoms with Gasteiger partial charge in [-0.15, -0.1) is 0 Å². The van der Waals surface area contributed by atoms with Crippen LogP contribution >= 0.6 is 0 Å². The van der Waals surface area contributed by atoms with Gasteiger partial charge < -0.3 is 9.88 Å². The molecule has 1 aliphatic rings. The van der Waals surface area contributed by atoms with Crippen molar-refractivity contribution in [1.82, 2.24) is 9.97 Å². The first kappa shape index (κ1) is 12.9. The average Bonchev–Trinajstić information content (AvgIpc) is 2.79. The van der Waals surface area contributed by atoms with Gasteiger partial charge in [-0.2, -0.15) is 0 Å². The van der Waals surface area contributed by atoms with Crippen LogP contribution in [0.15, 0.2) is 23.0 Å². The Labute approximate surface area is 118 Å². The molecule has 0 amide bonds. The largest absolute Gasteiger partial charge is 0.374 e. The molecular formula is C16H19N3O. The van der Waals surface area contributed by atoms with Gasteiger partial charge in [0.2, 0.25) is 0 Å². The minimum Gasteiger partial charge on any atom is -0.374 e. The number of H-pyrrole nitrogens is 1. The quantitative estimate of drug-likeness (QED) is 0.910. The summed E-state index contributed by atoms with van der Waals surface area (Å²) in [5, 5.41) is 0. The Hall–Kier alpha value is -2.10. The lowest BCUT2D eigenvalue weighted by atomic mass is 10.1. The van der Waals surface area contributed by atoms with Crippen molar-refractivity contribution in [3.63, 3.8) is 0 Å². The van der Waals surface area contributed by atoms with Crippen molar-refractivity contribution in [1.29, 1.82) is 0 Å². The van der Waals surface area contributed by atoms with Gasteiger partial charge in [0.1, 0.15) is 5.82 Å². The summed E-state index contributed by atoms with van der Waals surface area (Å²) in [5.74, 6) is 0.669. The number of rotatable bonds is 2. The molecule has 0 saturated carbocycles. The molecule has 0 atom stereocenters. The van der Waals surface area contributed by atoms with Gasteiger partial charge in [0.05, 0.1) is 0 Å². The number of likely N-dealkylation sites (N-methyl/N-ethyl adjacent to an activating group) is 1. The van der Waals surface area contributed by atoms with E-state index in [-0.39, 0.29) is 5.56 Å². The lowest BCUT2D eigenvalue weighted by Crippen LogP contribution is -2.16. The number of hydrogen-bond acceptors (Lipinski definition) is 3. The molecular weight excluding hydrogens is 250 g/mol. The summed E-state index contributed by atoms with van der Waals surface area (Å²) in [6.07, 6.45) is 1.76. The van der Waals surface area contributed by atoms with Gasteiger partial charge in [-0.05, 0) is 43.5 Å². The van der Waals surface area contributed by atoms with Crippen LogP contribution in [0, 0.1) is 6.92 Å². The predicted octanol–water partition coefficient (Wildman–Crippen LogP) is 2.30. The Morgan fingerprint density at radius 2 is 2.20 bits per heavy atom. The molecule has 0 saturated heterocycles. The second-order valence-electron chi connectivity index (χ2n) is 5.35. The molecule has 20 heavy (non-hydrogen) atoms. The van der Waals surface area contributed by atoms with Crippen LogP contribution in [0.1, 0.15) is 23.7 Å². The fourth-order valence-corrected chi connectivity index (χ4v) is 2.88. The summed E-state index contributed by atoms with van der Waals surface area (Å²) in [7, 11) is 2.10. The van der Waals surface area contributed by atoms with E-state index < -0.39 is 0 Å². The monoisotopic (exact) mass is 269 g/mol. The van der Waals surface area contributed by atoms with Crippen molar-refractivity contribution < 1.29 is 0 Å². The molecule has 1 N–H and O–H groups in total. The number of nitrogens with zero attached hydrogens (tertiary/aromatic N) is 2. The molecule has 2 aromatic rings. The van der Waals surface area contributed by atoms with Gasteiger partial charge in [0.25, 0.3) is 5.56 Å². The van der Waals surface area contributed by atoms with E-state index in [0.717, 1.165) is 29.8 Å². The molecule has 0 unspecified atom stereocenters. The minimum absolute atomic E-state index is 0.0207. The molecule has 1 aromatic carbocycles. The van der Waals surface area contributed by atoms with Gasteiger partial charge in [0, 0.05) is 36.1 Å². The van der Waals surface area contributed by atoms with Gasteiger partial charge in [0.15, 0.2) is 0 Å². The van der Waals surface area contributed by atoms with Crippen molar-refractivity contribution in [2.24, 2.45) is 0 Å². The van der Waals surface area contributed by atoms with Crippen LogP contribution in [0.3, 0.4) is 0 Å². The topological polar surface area (TPSA) is 49.0 Å². The summed E-state index contributed by atoms with van der Waals surface area (Å²) < 4.78 is 0. The summed E-state index contributed by atoms with van der Waals surface area (Å²) >= 11 is 0. The Morgan fingerprint density at radius 3 is 2.90 bits per heavy atom. The Kier molecular flexibility index (Phi) is 3.08. The zero-order chi connectivity index (χ0) is 14.3. The molecule has 1 aliphatic heterocycles. The van der Waals surface area contributed by atoms with Crippen LogP contribution in [0.25, 0.3) is 11.4 Å². The van der Waals surface area contributed by atoms with Crippen molar-refractivity contribution in [2.45, 2.75) is 26.7 Å². The molecule has 3 rings (SSSR count). The maximum absolute atomic E-state index is 12.0. The maximum atomic E-state index is 12.0. The Morgan fingerprint density at radius 1 is 1.40 bits per heavy atom. The smallest absolute Gasteiger partial charge is 0.254 e. The molecule has 1 aromatic heterocycles. The van der Waals surface area contributed by atoms with Crippen LogP contribution in [0.4, 0.5) is 5.69 Å². The number of hydrogen-bond donors (Lipinski definition) is 1. The van der Waals surface area contributed by atoms with E-state index in [1.807, 2.05) is 19.9 Å². The first-order chi connectivity index (χ1) is 9.60. The number of aromatic amines is 1. The van der Waals surface area contributed by atoms with Crippen LogP contribution < -0.4 is 10.5 Å². The van der Waals surface area contributed by atoms with Crippen LogP contribution in [0.5, 0.6) is 0 Å². The molecule has 2 heterocycles. The highest BCUT2D eigenvalue weighted by Crippen LogP contribution is 2.30. The van der Waals surface area contributed by atoms with Gasteiger partial charge in [-0.3, -0.25) is 4.79 Å². The molecule has 0 radical (unpaired) electrons. The normalized spacial score (nSPS) is 13.7.